The van der Waals surface area contributed by atoms with Gasteiger partial charge in [0.25, 0.3) is 0 Å². The molecule has 0 saturated heterocycles. The van der Waals surface area contributed by atoms with Crippen molar-refractivity contribution in [3.8, 4) is 11.4 Å². The van der Waals surface area contributed by atoms with E-state index < -0.39 is 11.7 Å². The van der Waals surface area contributed by atoms with Gasteiger partial charge in [-0.15, -0.1) is 0 Å². The first-order valence-electron chi connectivity index (χ1n) is 8.88. The Morgan fingerprint density at radius 1 is 1.21 bits per heavy atom. The molecule has 0 aliphatic carbocycles. The number of aromatic nitrogens is 5. The zero-order chi connectivity index (χ0) is 20.5. The summed E-state index contributed by atoms with van der Waals surface area (Å²) in [5.41, 5.74) is 10.1. The number of carbonyl (C=O) groups excluding carboxylic acids is 1. The lowest BCUT2D eigenvalue weighted by Crippen LogP contribution is -2.18. The number of rotatable bonds is 5. The lowest BCUT2D eigenvalue weighted by molar-refractivity contribution is -0.118. The maximum Gasteiger partial charge on any atom is 0.239 e. The third-order valence-electron chi connectivity index (χ3n) is 4.37. The summed E-state index contributed by atoms with van der Waals surface area (Å²) in [5, 5.41) is 7.69. The number of aryl methyl sites for hydroxylation is 2. The van der Waals surface area contributed by atoms with Gasteiger partial charge in [-0.05, 0) is 43.7 Å². The number of amides is 1. The van der Waals surface area contributed by atoms with Gasteiger partial charge in [-0.25, -0.2) is 9.37 Å². The number of nitrogens with one attached hydrogen (secondary N) is 1. The molecule has 0 unspecified atom stereocenters. The van der Waals surface area contributed by atoms with Gasteiger partial charge in [0.1, 0.15) is 23.3 Å². The highest BCUT2D eigenvalue weighted by Gasteiger charge is 2.13. The van der Waals surface area contributed by atoms with Crippen LogP contribution >= 0.6 is 0 Å². The Balaban J connectivity index is 1.74. The summed E-state index contributed by atoms with van der Waals surface area (Å²) in [6.45, 7) is 3.65. The number of anilines is 2. The average molecular weight is 391 g/mol. The Kier molecular flexibility index (Phi) is 4.63. The molecule has 0 radical (unpaired) electrons. The Bertz CT molecular complexity index is 1230. The Labute approximate surface area is 165 Å². The second-order valence-electron chi connectivity index (χ2n) is 6.68. The molecule has 0 aliphatic heterocycles. The molecule has 146 valence electrons. The molecular weight excluding hydrogens is 373 g/mol. The number of nitrogens with two attached hydrogens (primary N) is 1. The topological polar surface area (TPSA) is 112 Å². The van der Waals surface area contributed by atoms with Gasteiger partial charge in [0.05, 0.1) is 17.6 Å². The smallest absolute Gasteiger partial charge is 0.239 e. The number of nitrogens with zero attached hydrogens (tertiary/aromatic N) is 5. The standard InChI is InChI=1S/C20H18FN7O/c1-11-8-24-16(19-13(21)4-3-12(2)25-19)7-15(11)26-14-5-6-23-17-9-28(10-18(22)29)27-20(14)17/h3-9H,10H2,1-2H3,(H2,22,29)(H,24,26). The van der Waals surface area contributed by atoms with E-state index in [1.165, 1.54) is 10.7 Å². The van der Waals surface area contributed by atoms with Gasteiger partial charge in [0, 0.05) is 23.8 Å². The van der Waals surface area contributed by atoms with E-state index in [9.17, 15) is 9.18 Å². The van der Waals surface area contributed by atoms with E-state index in [0.29, 0.717) is 28.1 Å². The van der Waals surface area contributed by atoms with E-state index in [1.807, 2.05) is 6.92 Å². The van der Waals surface area contributed by atoms with Gasteiger partial charge in [-0.2, -0.15) is 5.10 Å². The Morgan fingerprint density at radius 2 is 2.03 bits per heavy atom. The fourth-order valence-electron chi connectivity index (χ4n) is 2.96. The fourth-order valence-corrected chi connectivity index (χ4v) is 2.96. The van der Waals surface area contributed by atoms with Crippen molar-refractivity contribution < 1.29 is 9.18 Å². The number of carbonyl (C=O) groups is 1. The van der Waals surface area contributed by atoms with Gasteiger partial charge in [-0.1, -0.05) is 0 Å². The summed E-state index contributed by atoms with van der Waals surface area (Å²) >= 11 is 0. The molecular formula is C20H18FN7O. The van der Waals surface area contributed by atoms with Crippen molar-refractivity contribution in [2.75, 3.05) is 5.32 Å². The van der Waals surface area contributed by atoms with E-state index in [4.69, 9.17) is 5.73 Å². The third kappa shape index (κ3) is 3.75. The van der Waals surface area contributed by atoms with Crippen molar-refractivity contribution in [1.29, 1.82) is 0 Å². The van der Waals surface area contributed by atoms with Crippen molar-refractivity contribution >= 4 is 28.3 Å². The van der Waals surface area contributed by atoms with E-state index in [0.717, 1.165) is 11.3 Å². The SMILES string of the molecule is Cc1ccc(F)c(-c2cc(Nc3ccnc4cn(CC(N)=O)nc34)c(C)cn2)n1. The molecule has 3 N–H and O–H groups in total. The highest BCUT2D eigenvalue weighted by molar-refractivity contribution is 5.90. The zero-order valence-electron chi connectivity index (χ0n) is 15.8. The van der Waals surface area contributed by atoms with Crippen LogP contribution in [-0.2, 0) is 11.3 Å². The van der Waals surface area contributed by atoms with E-state index in [2.05, 4.69) is 25.4 Å². The molecule has 29 heavy (non-hydrogen) atoms. The Morgan fingerprint density at radius 3 is 2.83 bits per heavy atom. The van der Waals surface area contributed by atoms with Crippen molar-refractivity contribution in [1.82, 2.24) is 24.7 Å². The second kappa shape index (κ2) is 7.27. The molecule has 0 bridgehead atoms. The molecule has 4 aromatic heterocycles. The van der Waals surface area contributed by atoms with Crippen LogP contribution in [0.4, 0.5) is 15.8 Å². The molecule has 1 amide bonds. The minimum atomic E-state index is -0.491. The average Bonchev–Trinajstić information content (AvgIpc) is 3.08. The molecule has 4 aromatic rings. The second-order valence-corrected chi connectivity index (χ2v) is 6.68. The van der Waals surface area contributed by atoms with Gasteiger partial charge in [0.15, 0.2) is 5.82 Å². The number of pyridine rings is 3. The number of primary amides is 1. The number of fused-ring (bicyclic) bond motifs is 1. The zero-order valence-corrected chi connectivity index (χ0v) is 15.8. The van der Waals surface area contributed by atoms with Crippen molar-refractivity contribution in [2.45, 2.75) is 20.4 Å². The van der Waals surface area contributed by atoms with Crippen LogP contribution in [0.15, 0.2) is 42.9 Å². The molecule has 0 saturated carbocycles. The molecule has 8 nitrogen and oxygen atoms in total. The lowest BCUT2D eigenvalue weighted by Gasteiger charge is -2.12. The Hall–Kier alpha value is -3.88. The molecule has 0 spiro atoms. The van der Waals surface area contributed by atoms with Crippen molar-refractivity contribution in [2.24, 2.45) is 5.73 Å². The largest absolute Gasteiger partial charge is 0.368 e. The molecule has 0 aromatic carbocycles. The van der Waals surface area contributed by atoms with E-state index >= 15 is 0 Å². The summed E-state index contributed by atoms with van der Waals surface area (Å²) in [7, 11) is 0. The quantitative estimate of drug-likeness (QED) is 0.541. The van der Waals surface area contributed by atoms with Crippen LogP contribution in [0, 0.1) is 19.7 Å². The summed E-state index contributed by atoms with van der Waals surface area (Å²) in [6, 6.07) is 6.51. The number of hydrogen-bond acceptors (Lipinski definition) is 6. The first kappa shape index (κ1) is 18.5. The van der Waals surface area contributed by atoms with Crippen LogP contribution in [0.3, 0.4) is 0 Å². The first-order chi connectivity index (χ1) is 13.9. The van der Waals surface area contributed by atoms with Crippen LogP contribution in [0.1, 0.15) is 11.3 Å². The molecule has 0 fully saturated rings. The van der Waals surface area contributed by atoms with E-state index in [1.54, 1.807) is 43.7 Å². The first-order valence-corrected chi connectivity index (χ1v) is 8.88. The minimum absolute atomic E-state index is 0.0352. The van der Waals surface area contributed by atoms with Crippen LogP contribution in [0.5, 0.6) is 0 Å². The fraction of sp³-hybridized carbons (Fsp3) is 0.150. The molecule has 0 aliphatic rings. The molecule has 4 heterocycles. The molecule has 9 heteroatoms. The van der Waals surface area contributed by atoms with Crippen LogP contribution < -0.4 is 11.1 Å². The van der Waals surface area contributed by atoms with E-state index in [-0.39, 0.29) is 12.2 Å². The summed E-state index contributed by atoms with van der Waals surface area (Å²) in [6.07, 6.45) is 4.95. The van der Waals surface area contributed by atoms with Crippen molar-refractivity contribution in [3.63, 3.8) is 0 Å². The summed E-state index contributed by atoms with van der Waals surface area (Å²) in [5.74, 6) is -0.927. The highest BCUT2D eigenvalue weighted by Crippen LogP contribution is 2.29. The predicted molar refractivity (Wildman–Crippen MR) is 107 cm³/mol. The number of hydrogen-bond donors (Lipinski definition) is 2. The monoisotopic (exact) mass is 391 g/mol. The molecule has 0 atom stereocenters. The van der Waals surface area contributed by atoms with Gasteiger partial charge < -0.3 is 11.1 Å². The van der Waals surface area contributed by atoms with Gasteiger partial charge in [0.2, 0.25) is 5.91 Å². The summed E-state index contributed by atoms with van der Waals surface area (Å²) < 4.78 is 15.7. The maximum absolute atomic E-state index is 14.2. The lowest BCUT2D eigenvalue weighted by atomic mass is 10.1. The highest BCUT2D eigenvalue weighted by atomic mass is 19.1. The molecule has 4 rings (SSSR count). The maximum atomic E-state index is 14.2. The third-order valence-corrected chi connectivity index (χ3v) is 4.37. The van der Waals surface area contributed by atoms with Crippen molar-refractivity contribution in [3.05, 3.63) is 59.9 Å². The van der Waals surface area contributed by atoms with Gasteiger partial charge in [-0.3, -0.25) is 19.4 Å². The van der Waals surface area contributed by atoms with Gasteiger partial charge >= 0.3 is 0 Å². The van der Waals surface area contributed by atoms with Crippen LogP contribution in [0.25, 0.3) is 22.4 Å². The van der Waals surface area contributed by atoms with Crippen LogP contribution in [-0.4, -0.2) is 30.6 Å². The minimum Gasteiger partial charge on any atom is -0.368 e. The normalized spacial score (nSPS) is 11.0. The summed E-state index contributed by atoms with van der Waals surface area (Å²) in [4.78, 5) is 24.0. The van der Waals surface area contributed by atoms with Crippen LogP contribution in [0.2, 0.25) is 0 Å². The predicted octanol–water partition coefficient (Wildman–Crippen LogP) is 2.87. The number of halogens is 1.